The van der Waals surface area contributed by atoms with Gasteiger partial charge in [-0.25, -0.2) is 0 Å². The lowest BCUT2D eigenvalue weighted by Crippen LogP contribution is -2.33. The Labute approximate surface area is 84.9 Å². The highest BCUT2D eigenvalue weighted by Crippen LogP contribution is 2.19. The van der Waals surface area contributed by atoms with Gasteiger partial charge in [-0.2, -0.15) is 0 Å². The van der Waals surface area contributed by atoms with Gasteiger partial charge in [-0.15, -0.1) is 0 Å². The van der Waals surface area contributed by atoms with Gasteiger partial charge in [0.05, 0.1) is 13.2 Å². The van der Waals surface area contributed by atoms with Gasteiger partial charge in [0.15, 0.2) is 0 Å². The summed E-state index contributed by atoms with van der Waals surface area (Å²) in [6.07, 6.45) is 0.715. The molecule has 3 N–H and O–H groups in total. The Morgan fingerprint density at radius 3 is 2.50 bits per heavy atom. The van der Waals surface area contributed by atoms with Crippen molar-refractivity contribution in [3.05, 3.63) is 0 Å². The van der Waals surface area contributed by atoms with Crippen LogP contribution in [0.25, 0.3) is 0 Å². The van der Waals surface area contributed by atoms with Crippen molar-refractivity contribution < 1.29 is 14.7 Å². The summed E-state index contributed by atoms with van der Waals surface area (Å²) in [6.45, 7) is 5.54. The molecular weight excluding hydrogens is 184 g/mol. The zero-order valence-electron chi connectivity index (χ0n) is 9.12. The maximum Gasteiger partial charge on any atom is 0.144 e. The highest BCUT2D eigenvalue weighted by molar-refractivity contribution is 5.85. The van der Waals surface area contributed by atoms with E-state index < -0.39 is 0 Å². The van der Waals surface area contributed by atoms with Crippen molar-refractivity contribution in [3.8, 4) is 0 Å². The van der Waals surface area contributed by atoms with Crippen LogP contribution in [-0.2, 0) is 9.47 Å². The van der Waals surface area contributed by atoms with E-state index in [1.54, 1.807) is 7.11 Å². The summed E-state index contributed by atoms with van der Waals surface area (Å²) in [5, 5.41) is 11.5. The molecule has 0 aromatic heterocycles. The Morgan fingerprint density at radius 2 is 2.00 bits per heavy atom. The number of ether oxygens (including phenoxy) is 2. The maximum atomic E-state index is 8.51. The molecule has 0 heterocycles. The lowest BCUT2D eigenvalue weighted by atomic mass is 9.88. The fraction of sp³-hybridized carbons (Fsp3) is 0.889. The van der Waals surface area contributed by atoms with E-state index in [0.717, 1.165) is 0 Å². The highest BCUT2D eigenvalue weighted by atomic mass is 16.5. The molecule has 0 amide bonds. The molecule has 0 saturated heterocycles. The van der Waals surface area contributed by atoms with Gasteiger partial charge < -0.3 is 20.4 Å². The van der Waals surface area contributed by atoms with Gasteiger partial charge in [0.2, 0.25) is 0 Å². The van der Waals surface area contributed by atoms with E-state index in [1.165, 1.54) is 0 Å². The molecule has 0 spiro atoms. The Morgan fingerprint density at radius 1 is 1.36 bits per heavy atom. The monoisotopic (exact) mass is 204 g/mol. The van der Waals surface area contributed by atoms with Crippen LogP contribution in [-0.4, -0.2) is 38.0 Å². The minimum Gasteiger partial charge on any atom is -0.409 e. The van der Waals surface area contributed by atoms with Crippen LogP contribution >= 0.6 is 0 Å². The molecule has 0 fully saturated rings. The number of rotatable bonds is 7. The highest BCUT2D eigenvalue weighted by Gasteiger charge is 2.22. The van der Waals surface area contributed by atoms with Crippen molar-refractivity contribution >= 4 is 5.84 Å². The molecule has 0 aliphatic heterocycles. The maximum absolute atomic E-state index is 8.51. The third-order valence-electron chi connectivity index (χ3n) is 2.10. The Balaban J connectivity index is 3.66. The van der Waals surface area contributed by atoms with Crippen LogP contribution < -0.4 is 5.73 Å². The van der Waals surface area contributed by atoms with Gasteiger partial charge in [-0.1, -0.05) is 19.0 Å². The molecular formula is C9H20N2O3. The van der Waals surface area contributed by atoms with Crippen LogP contribution in [0.5, 0.6) is 0 Å². The van der Waals surface area contributed by atoms with Crippen LogP contribution in [0.15, 0.2) is 5.16 Å². The number of oxime groups is 1. The van der Waals surface area contributed by atoms with Gasteiger partial charge >= 0.3 is 0 Å². The molecule has 0 aromatic carbocycles. The van der Waals surface area contributed by atoms with Crippen LogP contribution in [0.3, 0.4) is 0 Å². The molecule has 0 aromatic rings. The minimum atomic E-state index is -0.332. The first-order chi connectivity index (χ1) is 6.54. The van der Waals surface area contributed by atoms with Crippen molar-refractivity contribution in [2.75, 3.05) is 26.9 Å². The summed E-state index contributed by atoms with van der Waals surface area (Å²) < 4.78 is 10.1. The normalized spacial score (nSPS) is 13.2. The molecule has 84 valence electrons. The fourth-order valence-corrected chi connectivity index (χ4v) is 0.835. The first-order valence-corrected chi connectivity index (χ1v) is 4.59. The quantitative estimate of drug-likeness (QED) is 0.211. The average molecular weight is 204 g/mol. The molecule has 5 nitrogen and oxygen atoms in total. The van der Waals surface area contributed by atoms with Crippen molar-refractivity contribution in [2.24, 2.45) is 16.3 Å². The molecule has 14 heavy (non-hydrogen) atoms. The van der Waals surface area contributed by atoms with E-state index >= 15 is 0 Å². The summed E-state index contributed by atoms with van der Waals surface area (Å²) in [6, 6.07) is 0. The number of amidine groups is 1. The second-order valence-electron chi connectivity index (χ2n) is 3.72. The summed E-state index contributed by atoms with van der Waals surface area (Å²) in [5.41, 5.74) is 5.18. The van der Waals surface area contributed by atoms with Gasteiger partial charge in [0.1, 0.15) is 5.84 Å². The lowest BCUT2D eigenvalue weighted by Gasteiger charge is -2.22. The summed E-state index contributed by atoms with van der Waals surface area (Å²) >= 11 is 0. The molecule has 0 atom stereocenters. The largest absolute Gasteiger partial charge is 0.409 e. The number of nitrogens with two attached hydrogens (primary N) is 1. The van der Waals surface area contributed by atoms with Crippen molar-refractivity contribution in [3.63, 3.8) is 0 Å². The summed E-state index contributed by atoms with van der Waals surface area (Å²) in [4.78, 5) is 0. The molecule has 0 aliphatic carbocycles. The minimum absolute atomic E-state index is 0.229. The second kappa shape index (κ2) is 6.62. The molecule has 0 radical (unpaired) electrons. The third kappa shape index (κ3) is 5.04. The number of hydrogen-bond donors (Lipinski definition) is 2. The molecule has 0 saturated carbocycles. The van der Waals surface area contributed by atoms with Gasteiger partial charge in [-0.3, -0.25) is 0 Å². The zero-order valence-corrected chi connectivity index (χ0v) is 9.12. The number of hydrogen-bond acceptors (Lipinski definition) is 4. The average Bonchev–Trinajstić information content (AvgIpc) is 2.16. The topological polar surface area (TPSA) is 77.1 Å². The Kier molecular flexibility index (Phi) is 6.23. The third-order valence-corrected chi connectivity index (χ3v) is 2.10. The molecule has 0 rings (SSSR count). The molecule has 0 bridgehead atoms. The smallest absolute Gasteiger partial charge is 0.144 e. The summed E-state index contributed by atoms with van der Waals surface area (Å²) in [5.74, 6) is 0.229. The number of nitrogens with zero attached hydrogens (tertiary/aromatic N) is 1. The first kappa shape index (κ1) is 13.2. The second-order valence-corrected chi connectivity index (χ2v) is 3.72. The van der Waals surface area contributed by atoms with Crippen molar-refractivity contribution in [1.29, 1.82) is 0 Å². The standard InChI is InChI=1S/C9H20N2O3/c1-9(2,8(10)11-12)4-5-14-7-6-13-3/h12H,4-7H2,1-3H3,(H2,10,11). The van der Waals surface area contributed by atoms with Crippen LogP contribution in [0, 0.1) is 5.41 Å². The van der Waals surface area contributed by atoms with Gasteiger partial charge in [0, 0.05) is 19.1 Å². The van der Waals surface area contributed by atoms with E-state index in [1.807, 2.05) is 13.8 Å². The predicted molar refractivity (Wildman–Crippen MR) is 54.5 cm³/mol. The predicted octanol–water partition coefficient (Wildman–Crippen LogP) is 0.812. The fourth-order valence-electron chi connectivity index (χ4n) is 0.835. The van der Waals surface area contributed by atoms with E-state index in [2.05, 4.69) is 5.16 Å². The molecule has 5 heteroatoms. The van der Waals surface area contributed by atoms with Crippen LogP contribution in [0.4, 0.5) is 0 Å². The Bertz CT molecular complexity index is 181. The SMILES string of the molecule is COCCOCCC(C)(C)C(N)=NO. The molecule has 0 unspecified atom stereocenters. The van der Waals surface area contributed by atoms with Crippen LogP contribution in [0.1, 0.15) is 20.3 Å². The lowest BCUT2D eigenvalue weighted by molar-refractivity contribution is 0.0617. The van der Waals surface area contributed by atoms with E-state index in [0.29, 0.717) is 26.2 Å². The van der Waals surface area contributed by atoms with Crippen molar-refractivity contribution in [1.82, 2.24) is 0 Å². The number of methoxy groups -OCH3 is 1. The Hall–Kier alpha value is -0.810. The zero-order chi connectivity index (χ0) is 11.0. The van der Waals surface area contributed by atoms with Crippen molar-refractivity contribution in [2.45, 2.75) is 20.3 Å². The van der Waals surface area contributed by atoms with Crippen LogP contribution in [0.2, 0.25) is 0 Å². The van der Waals surface area contributed by atoms with E-state index in [9.17, 15) is 0 Å². The van der Waals surface area contributed by atoms with Gasteiger partial charge in [0.25, 0.3) is 0 Å². The first-order valence-electron chi connectivity index (χ1n) is 4.59. The van der Waals surface area contributed by atoms with Gasteiger partial charge in [-0.05, 0) is 6.42 Å². The van der Waals surface area contributed by atoms with E-state index in [-0.39, 0.29) is 11.3 Å². The molecule has 0 aliphatic rings. The summed E-state index contributed by atoms with van der Waals surface area (Å²) in [7, 11) is 1.63. The van der Waals surface area contributed by atoms with E-state index in [4.69, 9.17) is 20.4 Å².